The molecule has 1 unspecified atom stereocenters. The predicted molar refractivity (Wildman–Crippen MR) is 117 cm³/mol. The molecule has 0 bridgehead atoms. The van der Waals surface area contributed by atoms with E-state index in [2.05, 4.69) is 67.1 Å². The predicted octanol–water partition coefficient (Wildman–Crippen LogP) is 5.22. The summed E-state index contributed by atoms with van der Waals surface area (Å²) in [5, 5.41) is 0. The average Bonchev–Trinajstić information content (AvgIpc) is 3.08. The van der Waals surface area contributed by atoms with Crippen LogP contribution in [0.3, 0.4) is 0 Å². The Kier molecular flexibility index (Phi) is 5.34. The maximum absolute atomic E-state index is 13.4. The number of para-hydroxylation sites is 1. The van der Waals surface area contributed by atoms with Crippen molar-refractivity contribution >= 4 is 17.3 Å². The second-order valence-corrected chi connectivity index (χ2v) is 8.00. The summed E-state index contributed by atoms with van der Waals surface area (Å²) < 4.78 is 0. The molecular weight excluding hydrogens is 358 g/mol. The van der Waals surface area contributed by atoms with Gasteiger partial charge in [-0.1, -0.05) is 48.5 Å². The Morgan fingerprint density at radius 2 is 1.83 bits per heavy atom. The molecule has 0 spiro atoms. The van der Waals surface area contributed by atoms with E-state index in [9.17, 15) is 4.79 Å². The van der Waals surface area contributed by atoms with Crippen LogP contribution in [0.2, 0.25) is 0 Å². The Hall–Kier alpha value is -3.14. The maximum Gasteiger partial charge on any atom is 0.256 e. The van der Waals surface area contributed by atoms with Gasteiger partial charge < -0.3 is 9.80 Å². The number of carbonyl (C=O) groups excluding carboxylic acids is 1. The highest BCUT2D eigenvalue weighted by atomic mass is 16.2. The second-order valence-electron chi connectivity index (χ2n) is 8.00. The van der Waals surface area contributed by atoms with Crippen LogP contribution in [0.1, 0.15) is 42.3 Å². The third kappa shape index (κ3) is 3.88. The van der Waals surface area contributed by atoms with Gasteiger partial charge in [-0.3, -0.25) is 9.78 Å². The van der Waals surface area contributed by atoms with Crippen LogP contribution in [0.25, 0.3) is 0 Å². The summed E-state index contributed by atoms with van der Waals surface area (Å²) in [7, 11) is 0. The first-order chi connectivity index (χ1) is 14.0. The molecule has 1 amide bonds. The number of amides is 1. The molecule has 148 valence electrons. The Morgan fingerprint density at radius 3 is 2.59 bits per heavy atom. The van der Waals surface area contributed by atoms with Crippen LogP contribution < -0.4 is 4.90 Å². The molecule has 1 atom stereocenters. The highest BCUT2D eigenvalue weighted by Crippen LogP contribution is 2.38. The van der Waals surface area contributed by atoms with Crippen LogP contribution in [0.15, 0.2) is 73.1 Å². The number of rotatable bonds is 5. The van der Waals surface area contributed by atoms with Gasteiger partial charge in [0.15, 0.2) is 0 Å². The fourth-order valence-corrected chi connectivity index (χ4v) is 4.07. The van der Waals surface area contributed by atoms with Crippen molar-refractivity contribution in [1.29, 1.82) is 0 Å². The zero-order valence-corrected chi connectivity index (χ0v) is 17.2. The largest absolute Gasteiger partial charge is 0.337 e. The monoisotopic (exact) mass is 385 g/mol. The molecule has 0 radical (unpaired) electrons. The Labute approximate surface area is 172 Å². The molecule has 0 aliphatic carbocycles. The van der Waals surface area contributed by atoms with Crippen molar-refractivity contribution in [2.45, 2.75) is 45.8 Å². The molecule has 1 aliphatic rings. The number of pyridine rings is 1. The molecular formula is C25H27N3O. The highest BCUT2D eigenvalue weighted by molar-refractivity contribution is 5.95. The van der Waals surface area contributed by atoms with Crippen molar-refractivity contribution in [3.05, 3.63) is 89.7 Å². The van der Waals surface area contributed by atoms with E-state index in [-0.39, 0.29) is 11.9 Å². The van der Waals surface area contributed by atoms with Gasteiger partial charge >= 0.3 is 0 Å². The van der Waals surface area contributed by atoms with E-state index in [1.807, 2.05) is 35.4 Å². The van der Waals surface area contributed by atoms with Gasteiger partial charge in [0.25, 0.3) is 5.91 Å². The molecule has 4 nitrogen and oxygen atoms in total. The number of anilines is 2. The minimum absolute atomic E-state index is 0.0124. The van der Waals surface area contributed by atoms with E-state index in [4.69, 9.17) is 0 Å². The minimum atomic E-state index is 0.0124. The van der Waals surface area contributed by atoms with E-state index in [1.165, 1.54) is 11.3 Å². The van der Waals surface area contributed by atoms with Crippen LogP contribution >= 0.6 is 0 Å². The molecule has 0 fully saturated rings. The highest BCUT2D eigenvalue weighted by Gasteiger charge is 2.28. The quantitative estimate of drug-likeness (QED) is 0.604. The summed E-state index contributed by atoms with van der Waals surface area (Å²) in [5.41, 5.74) is 5.27. The molecule has 29 heavy (non-hydrogen) atoms. The third-order valence-corrected chi connectivity index (χ3v) is 5.54. The maximum atomic E-state index is 13.4. The van der Waals surface area contributed by atoms with Crippen molar-refractivity contribution in [3.8, 4) is 0 Å². The molecule has 1 aromatic heterocycles. The van der Waals surface area contributed by atoms with Crippen LogP contribution in [0, 0.1) is 0 Å². The fourth-order valence-electron chi connectivity index (χ4n) is 4.07. The van der Waals surface area contributed by atoms with Crippen molar-refractivity contribution < 1.29 is 4.79 Å². The lowest BCUT2D eigenvalue weighted by Gasteiger charge is -2.28. The van der Waals surface area contributed by atoms with E-state index < -0.39 is 0 Å². The summed E-state index contributed by atoms with van der Waals surface area (Å²) in [5.74, 6) is 0.0124. The number of hydrogen-bond donors (Lipinski definition) is 0. The SMILES string of the molecule is CC(C)N(Cc1ccccc1)C(=O)c1cncc(N2c3ccccc3CC2C)c1. The van der Waals surface area contributed by atoms with Crippen LogP contribution in [-0.4, -0.2) is 27.9 Å². The van der Waals surface area contributed by atoms with Gasteiger partial charge in [0.1, 0.15) is 0 Å². The fraction of sp³-hybridized carbons (Fsp3) is 0.280. The summed E-state index contributed by atoms with van der Waals surface area (Å²) in [6.07, 6.45) is 4.53. The Bertz CT molecular complexity index is 1000. The minimum Gasteiger partial charge on any atom is -0.337 e. The summed E-state index contributed by atoms with van der Waals surface area (Å²) in [6, 6.07) is 21.0. The van der Waals surface area contributed by atoms with E-state index in [0.29, 0.717) is 18.2 Å². The molecule has 2 aromatic carbocycles. The lowest BCUT2D eigenvalue weighted by molar-refractivity contribution is 0.0690. The van der Waals surface area contributed by atoms with Gasteiger partial charge in [-0.05, 0) is 50.5 Å². The first-order valence-electron chi connectivity index (χ1n) is 10.2. The molecule has 4 heteroatoms. The van der Waals surface area contributed by atoms with Gasteiger partial charge in [0.2, 0.25) is 0 Å². The van der Waals surface area contributed by atoms with Crippen molar-refractivity contribution in [2.75, 3.05) is 4.90 Å². The number of hydrogen-bond acceptors (Lipinski definition) is 3. The van der Waals surface area contributed by atoms with Crippen LogP contribution in [0.4, 0.5) is 11.4 Å². The van der Waals surface area contributed by atoms with Gasteiger partial charge in [-0.15, -0.1) is 0 Å². The zero-order chi connectivity index (χ0) is 20.4. The van der Waals surface area contributed by atoms with E-state index in [0.717, 1.165) is 17.7 Å². The topological polar surface area (TPSA) is 36.4 Å². The molecule has 0 saturated heterocycles. The first-order valence-corrected chi connectivity index (χ1v) is 10.2. The summed E-state index contributed by atoms with van der Waals surface area (Å²) >= 11 is 0. The third-order valence-electron chi connectivity index (χ3n) is 5.54. The molecule has 1 aliphatic heterocycles. The molecule has 3 aromatic rings. The number of aromatic nitrogens is 1. The standard InChI is InChI=1S/C25H27N3O/c1-18(2)27(17-20-9-5-4-6-10-20)25(29)22-14-23(16-26-15-22)28-19(3)13-21-11-7-8-12-24(21)28/h4-12,14-16,18-19H,13,17H2,1-3H3. The van der Waals surface area contributed by atoms with Crippen molar-refractivity contribution in [2.24, 2.45) is 0 Å². The number of fused-ring (bicyclic) bond motifs is 1. The van der Waals surface area contributed by atoms with Crippen LogP contribution in [0.5, 0.6) is 0 Å². The van der Waals surface area contributed by atoms with Crippen LogP contribution in [-0.2, 0) is 13.0 Å². The Balaban J connectivity index is 1.63. The van der Waals surface area contributed by atoms with Crippen molar-refractivity contribution in [1.82, 2.24) is 9.88 Å². The van der Waals surface area contributed by atoms with Gasteiger partial charge in [-0.2, -0.15) is 0 Å². The lowest BCUT2D eigenvalue weighted by Crippen LogP contribution is -2.36. The van der Waals surface area contributed by atoms with Gasteiger partial charge in [0, 0.05) is 30.5 Å². The number of carbonyl (C=O) groups is 1. The Morgan fingerprint density at radius 1 is 1.10 bits per heavy atom. The van der Waals surface area contributed by atoms with E-state index >= 15 is 0 Å². The molecule has 0 N–H and O–H groups in total. The molecule has 4 rings (SSSR count). The van der Waals surface area contributed by atoms with Crippen molar-refractivity contribution in [3.63, 3.8) is 0 Å². The first kappa shape index (κ1) is 19.2. The normalized spacial score (nSPS) is 15.4. The summed E-state index contributed by atoms with van der Waals surface area (Å²) in [6.45, 7) is 6.91. The smallest absolute Gasteiger partial charge is 0.256 e. The lowest BCUT2D eigenvalue weighted by atomic mass is 10.1. The zero-order valence-electron chi connectivity index (χ0n) is 17.2. The summed E-state index contributed by atoms with van der Waals surface area (Å²) in [4.78, 5) is 22.0. The second kappa shape index (κ2) is 8.08. The van der Waals surface area contributed by atoms with E-state index in [1.54, 1.807) is 6.20 Å². The van der Waals surface area contributed by atoms with Gasteiger partial charge in [0.05, 0.1) is 17.4 Å². The average molecular weight is 386 g/mol. The van der Waals surface area contributed by atoms with Gasteiger partial charge in [-0.25, -0.2) is 0 Å². The number of benzene rings is 2. The number of nitrogens with zero attached hydrogens (tertiary/aromatic N) is 3. The molecule has 0 saturated carbocycles. The molecule has 2 heterocycles.